The monoisotopic (exact) mass is 359 g/mol. The molecule has 0 spiro atoms. The number of hydrogen-bond donors (Lipinski definition) is 0. The number of aryl methyl sites for hydroxylation is 2. The van der Waals surface area contributed by atoms with Gasteiger partial charge in [0.05, 0.1) is 7.11 Å². The van der Waals surface area contributed by atoms with Crippen LogP contribution in [0.15, 0.2) is 35.2 Å². The number of rotatable bonds is 4. The maximum absolute atomic E-state index is 13.2. The number of ether oxygens (including phenoxy) is 1. The Morgan fingerprint density at radius 3 is 2.48 bits per heavy atom. The Morgan fingerprint density at radius 1 is 1.12 bits per heavy atom. The van der Waals surface area contributed by atoms with Crippen molar-refractivity contribution in [2.24, 2.45) is 0 Å². The van der Waals surface area contributed by atoms with Crippen molar-refractivity contribution >= 4 is 21.1 Å². The number of benzene rings is 2. The van der Waals surface area contributed by atoms with E-state index in [-0.39, 0.29) is 10.8 Å². The third-order valence-electron chi connectivity index (χ3n) is 4.25. The molecule has 0 atom stereocenters. The van der Waals surface area contributed by atoms with Gasteiger partial charge in [0, 0.05) is 0 Å². The predicted molar refractivity (Wildman–Crippen MR) is 96.7 cm³/mol. The van der Waals surface area contributed by atoms with Crippen LogP contribution in [-0.4, -0.2) is 29.9 Å². The lowest BCUT2D eigenvalue weighted by Crippen LogP contribution is -2.16. The molecule has 0 saturated heterocycles. The lowest BCUT2D eigenvalue weighted by Gasteiger charge is -2.16. The number of methoxy groups -OCH3 is 1. The lowest BCUT2D eigenvalue weighted by atomic mass is 9.98. The molecule has 0 unspecified atom stereocenters. The summed E-state index contributed by atoms with van der Waals surface area (Å²) in [4.78, 5) is 0.0941. The zero-order chi connectivity index (χ0) is 18.4. The second-order valence-corrected chi connectivity index (χ2v) is 8.18. The maximum atomic E-state index is 13.2. The minimum atomic E-state index is -3.93. The Bertz CT molecular complexity index is 1050. The highest BCUT2D eigenvalue weighted by molar-refractivity contribution is 7.90. The van der Waals surface area contributed by atoms with Crippen molar-refractivity contribution in [1.29, 1.82) is 0 Å². The Balaban J connectivity index is 2.28. The molecule has 25 heavy (non-hydrogen) atoms. The van der Waals surface area contributed by atoms with E-state index in [1.807, 2.05) is 33.8 Å². The first-order chi connectivity index (χ1) is 11.8. The minimum Gasteiger partial charge on any atom is -0.495 e. The van der Waals surface area contributed by atoms with Crippen molar-refractivity contribution < 1.29 is 13.2 Å². The molecule has 3 rings (SSSR count). The average Bonchev–Trinajstić information content (AvgIpc) is 2.97. The van der Waals surface area contributed by atoms with E-state index in [2.05, 4.69) is 10.3 Å². The zero-order valence-electron chi connectivity index (χ0n) is 14.9. The summed E-state index contributed by atoms with van der Waals surface area (Å²) in [7, 11) is -2.47. The summed E-state index contributed by atoms with van der Waals surface area (Å²) in [6.45, 7) is 7.92. The SMILES string of the molecule is COc1cc(C)c(C(C)C)cc1S(=O)(=O)n1nnc2cc(C)ccc21. The molecular weight excluding hydrogens is 338 g/mol. The molecule has 0 aliphatic carbocycles. The van der Waals surface area contributed by atoms with E-state index < -0.39 is 10.0 Å². The van der Waals surface area contributed by atoms with Crippen molar-refractivity contribution in [3.05, 3.63) is 47.0 Å². The van der Waals surface area contributed by atoms with E-state index in [9.17, 15) is 8.42 Å². The van der Waals surface area contributed by atoms with Gasteiger partial charge in [0.25, 0.3) is 10.0 Å². The van der Waals surface area contributed by atoms with E-state index in [0.717, 1.165) is 20.8 Å². The van der Waals surface area contributed by atoms with Crippen LogP contribution in [-0.2, 0) is 10.0 Å². The second-order valence-electron chi connectivity index (χ2n) is 6.44. The topological polar surface area (TPSA) is 74.1 Å². The molecule has 7 heteroatoms. The van der Waals surface area contributed by atoms with Crippen molar-refractivity contribution in [3.8, 4) is 5.75 Å². The molecule has 0 radical (unpaired) electrons. The summed E-state index contributed by atoms with van der Waals surface area (Å²) in [6.07, 6.45) is 0. The summed E-state index contributed by atoms with van der Waals surface area (Å²) >= 11 is 0. The van der Waals surface area contributed by atoms with Crippen LogP contribution in [0.2, 0.25) is 0 Å². The molecule has 0 saturated carbocycles. The number of hydrogen-bond acceptors (Lipinski definition) is 5. The van der Waals surface area contributed by atoms with Gasteiger partial charge in [-0.2, -0.15) is 8.42 Å². The van der Waals surface area contributed by atoms with Gasteiger partial charge in [-0.1, -0.05) is 25.1 Å². The highest BCUT2D eigenvalue weighted by atomic mass is 32.2. The highest BCUT2D eigenvalue weighted by Crippen LogP contribution is 2.33. The van der Waals surface area contributed by atoms with Crippen LogP contribution in [0, 0.1) is 13.8 Å². The molecule has 0 N–H and O–H groups in total. The average molecular weight is 359 g/mol. The van der Waals surface area contributed by atoms with E-state index in [4.69, 9.17) is 4.74 Å². The van der Waals surface area contributed by atoms with Gasteiger partial charge in [-0.25, -0.2) is 0 Å². The third-order valence-corrected chi connectivity index (χ3v) is 5.85. The third kappa shape index (κ3) is 2.89. The van der Waals surface area contributed by atoms with Gasteiger partial charge in [0.15, 0.2) is 0 Å². The van der Waals surface area contributed by atoms with Gasteiger partial charge in [-0.15, -0.1) is 9.19 Å². The second kappa shape index (κ2) is 6.15. The van der Waals surface area contributed by atoms with Crippen molar-refractivity contribution in [1.82, 2.24) is 14.4 Å². The van der Waals surface area contributed by atoms with Crippen molar-refractivity contribution in [2.45, 2.75) is 38.5 Å². The van der Waals surface area contributed by atoms with Crippen LogP contribution in [0.5, 0.6) is 5.75 Å². The molecule has 132 valence electrons. The van der Waals surface area contributed by atoms with E-state index in [1.54, 1.807) is 24.3 Å². The largest absolute Gasteiger partial charge is 0.495 e. The molecule has 0 bridgehead atoms. The van der Waals surface area contributed by atoms with Crippen molar-refractivity contribution in [3.63, 3.8) is 0 Å². The van der Waals surface area contributed by atoms with Gasteiger partial charge in [-0.3, -0.25) is 0 Å². The smallest absolute Gasteiger partial charge is 0.288 e. The Labute approximate surface area is 147 Å². The summed E-state index contributed by atoms with van der Waals surface area (Å²) < 4.78 is 32.8. The maximum Gasteiger partial charge on any atom is 0.288 e. The van der Waals surface area contributed by atoms with Crippen LogP contribution >= 0.6 is 0 Å². The molecule has 1 aromatic heterocycles. The Hall–Kier alpha value is -2.41. The quantitative estimate of drug-likeness (QED) is 0.713. The van der Waals surface area contributed by atoms with E-state index in [0.29, 0.717) is 16.8 Å². The molecule has 0 amide bonds. The normalized spacial score (nSPS) is 12.1. The summed E-state index contributed by atoms with van der Waals surface area (Å²) in [5.41, 5.74) is 3.93. The van der Waals surface area contributed by atoms with E-state index in [1.165, 1.54) is 7.11 Å². The lowest BCUT2D eigenvalue weighted by molar-refractivity contribution is 0.401. The van der Waals surface area contributed by atoms with Crippen LogP contribution in [0.1, 0.15) is 36.5 Å². The summed E-state index contributed by atoms with van der Waals surface area (Å²) in [5.74, 6) is 0.493. The molecule has 0 aliphatic rings. The molecule has 2 aromatic carbocycles. The first-order valence-corrected chi connectivity index (χ1v) is 9.46. The van der Waals surface area contributed by atoms with Crippen LogP contribution in [0.3, 0.4) is 0 Å². The zero-order valence-corrected chi connectivity index (χ0v) is 15.8. The molecule has 6 nitrogen and oxygen atoms in total. The molecule has 0 aliphatic heterocycles. The number of nitrogens with zero attached hydrogens (tertiary/aromatic N) is 3. The fourth-order valence-electron chi connectivity index (χ4n) is 2.94. The van der Waals surface area contributed by atoms with Gasteiger partial charge in [0.1, 0.15) is 21.7 Å². The minimum absolute atomic E-state index is 0.0941. The Morgan fingerprint density at radius 2 is 1.84 bits per heavy atom. The standard InChI is InChI=1S/C18H21N3O3S/c1-11(2)14-10-18(17(24-5)9-13(14)4)25(22,23)21-16-7-6-12(3)8-15(16)19-20-21/h6-11H,1-5H3. The summed E-state index contributed by atoms with van der Waals surface area (Å²) in [6, 6.07) is 8.79. The van der Waals surface area contributed by atoms with Crippen LogP contribution < -0.4 is 4.74 Å². The van der Waals surface area contributed by atoms with Gasteiger partial charge in [0.2, 0.25) is 0 Å². The van der Waals surface area contributed by atoms with Crippen molar-refractivity contribution in [2.75, 3.05) is 7.11 Å². The fraction of sp³-hybridized carbons (Fsp3) is 0.333. The fourth-order valence-corrected chi connectivity index (χ4v) is 4.35. The predicted octanol–water partition coefficient (Wildman–Crippen LogP) is 3.42. The first kappa shape index (κ1) is 17.4. The number of aromatic nitrogens is 3. The van der Waals surface area contributed by atoms with E-state index >= 15 is 0 Å². The van der Waals surface area contributed by atoms with Gasteiger partial charge >= 0.3 is 0 Å². The number of fused-ring (bicyclic) bond motifs is 1. The molecule has 3 aromatic rings. The summed E-state index contributed by atoms with van der Waals surface area (Å²) in [5, 5.41) is 7.87. The first-order valence-electron chi connectivity index (χ1n) is 8.02. The highest BCUT2D eigenvalue weighted by Gasteiger charge is 2.27. The molecule has 0 fully saturated rings. The molecule has 1 heterocycles. The van der Waals surface area contributed by atoms with Crippen LogP contribution in [0.25, 0.3) is 11.0 Å². The Kier molecular flexibility index (Phi) is 4.28. The molecular formula is C18H21N3O3S. The van der Waals surface area contributed by atoms with Gasteiger partial charge in [-0.05, 0) is 60.7 Å². The van der Waals surface area contributed by atoms with Crippen LogP contribution in [0.4, 0.5) is 0 Å². The van der Waals surface area contributed by atoms with Gasteiger partial charge < -0.3 is 4.74 Å².